The van der Waals surface area contributed by atoms with Crippen LogP contribution in [-0.2, 0) is 6.42 Å². The maximum atomic E-state index is 6.49. The molecule has 0 fully saturated rings. The molecule has 0 N–H and O–H groups in total. The molecule has 1 aliphatic heterocycles. The largest absolute Gasteiger partial charge is 0.453 e. The molecule has 2 heterocycles. The van der Waals surface area contributed by atoms with E-state index in [0.717, 1.165) is 51.6 Å². The van der Waals surface area contributed by atoms with Gasteiger partial charge in [-0.15, -0.1) is 0 Å². The minimum absolute atomic E-state index is 0.827. The van der Waals surface area contributed by atoms with E-state index < -0.39 is 0 Å². The number of ether oxygens (including phenoxy) is 1. The van der Waals surface area contributed by atoms with Crippen molar-refractivity contribution < 1.29 is 4.74 Å². The zero-order chi connectivity index (χ0) is 29.2. The third kappa shape index (κ3) is 3.59. The van der Waals surface area contributed by atoms with Gasteiger partial charge in [-0.3, -0.25) is 4.57 Å². The van der Waals surface area contributed by atoms with Crippen molar-refractivity contribution in [2.45, 2.75) is 13.3 Å². The van der Waals surface area contributed by atoms with Gasteiger partial charge in [0.15, 0.2) is 11.5 Å². The van der Waals surface area contributed by atoms with Crippen LogP contribution in [0.4, 0.5) is 0 Å². The molecule has 208 valence electrons. The predicted molar refractivity (Wildman–Crippen MR) is 182 cm³/mol. The molecule has 1 aliphatic rings. The highest BCUT2D eigenvalue weighted by Crippen LogP contribution is 2.47. The third-order valence-electron chi connectivity index (χ3n) is 8.92. The molecule has 0 spiro atoms. The first-order valence-electron chi connectivity index (χ1n) is 15.2. The summed E-state index contributed by atoms with van der Waals surface area (Å²) in [5.74, 6) is 2.74. The average Bonchev–Trinajstić information content (AvgIpc) is 3.47. The minimum atomic E-state index is 0.827. The number of aryl methyl sites for hydroxylation is 1. The van der Waals surface area contributed by atoms with Gasteiger partial charge in [0, 0.05) is 12.0 Å². The fraction of sp³-hybridized carbons (Fsp3) is 0.0488. The normalized spacial score (nSPS) is 12.0. The standard InChI is InChI=1S/C41H28N2O/c1-2-37-42-34-22-12-24-36-41(34)43(37)40-29(21-11-23-35(40)44-36)27-15-10-16-28(25-27)39-32-19-8-6-17-30(32)38(26-13-4-3-5-14-26)31-18-7-9-20-33(31)39/h3-25H,2H2,1H3. The van der Waals surface area contributed by atoms with E-state index in [0.29, 0.717) is 0 Å². The Balaban J connectivity index is 1.31. The highest BCUT2D eigenvalue weighted by molar-refractivity contribution is 6.21. The average molecular weight is 565 g/mol. The molecule has 3 nitrogen and oxygen atoms in total. The van der Waals surface area contributed by atoms with Crippen molar-refractivity contribution in [2.24, 2.45) is 0 Å². The van der Waals surface area contributed by atoms with Crippen LogP contribution in [0, 0.1) is 0 Å². The molecule has 44 heavy (non-hydrogen) atoms. The number of nitrogens with zero attached hydrogens (tertiary/aromatic N) is 2. The summed E-state index contributed by atoms with van der Waals surface area (Å²) in [7, 11) is 0. The number of fused-ring (bicyclic) bond motifs is 4. The molecule has 0 amide bonds. The van der Waals surface area contributed by atoms with Gasteiger partial charge in [0.1, 0.15) is 11.3 Å². The Morgan fingerprint density at radius 2 is 1.11 bits per heavy atom. The molecular formula is C41H28N2O. The van der Waals surface area contributed by atoms with Gasteiger partial charge in [-0.05, 0) is 73.6 Å². The SMILES string of the molecule is CCc1nc2cccc3c2n1-c1c(cccc1-c1cccc(-c2c4ccccc4c(-c4ccccc4)c4ccccc24)c1)O3. The van der Waals surface area contributed by atoms with Crippen LogP contribution in [0.5, 0.6) is 11.5 Å². The highest BCUT2D eigenvalue weighted by atomic mass is 16.5. The first kappa shape index (κ1) is 24.9. The zero-order valence-electron chi connectivity index (χ0n) is 24.3. The Morgan fingerprint density at radius 1 is 0.545 bits per heavy atom. The molecule has 8 aromatic rings. The van der Waals surface area contributed by atoms with E-state index in [4.69, 9.17) is 9.72 Å². The molecule has 0 unspecified atom stereocenters. The van der Waals surface area contributed by atoms with Crippen LogP contribution in [0.15, 0.2) is 140 Å². The summed E-state index contributed by atoms with van der Waals surface area (Å²) in [6, 6.07) is 49.9. The van der Waals surface area contributed by atoms with Crippen molar-refractivity contribution >= 4 is 32.6 Å². The Morgan fingerprint density at radius 3 is 1.82 bits per heavy atom. The van der Waals surface area contributed by atoms with E-state index in [2.05, 4.69) is 139 Å². The number of hydrogen-bond donors (Lipinski definition) is 0. The van der Waals surface area contributed by atoms with E-state index in [-0.39, 0.29) is 0 Å². The molecule has 0 aliphatic carbocycles. The van der Waals surface area contributed by atoms with Gasteiger partial charge < -0.3 is 4.74 Å². The van der Waals surface area contributed by atoms with Crippen LogP contribution >= 0.6 is 0 Å². The smallest absolute Gasteiger partial charge is 0.153 e. The number of hydrogen-bond acceptors (Lipinski definition) is 2. The molecule has 3 heteroatoms. The van der Waals surface area contributed by atoms with Crippen LogP contribution < -0.4 is 4.74 Å². The summed E-state index contributed by atoms with van der Waals surface area (Å²) in [5, 5.41) is 5.01. The molecule has 7 aromatic carbocycles. The molecule has 0 saturated carbocycles. The van der Waals surface area contributed by atoms with Crippen molar-refractivity contribution in [1.82, 2.24) is 9.55 Å². The zero-order valence-corrected chi connectivity index (χ0v) is 24.3. The summed E-state index contributed by atoms with van der Waals surface area (Å²) in [5.41, 5.74) is 10.3. The molecule has 9 rings (SSSR count). The van der Waals surface area contributed by atoms with E-state index in [1.165, 1.54) is 43.8 Å². The Hall–Kier alpha value is -5.67. The third-order valence-corrected chi connectivity index (χ3v) is 8.92. The van der Waals surface area contributed by atoms with Gasteiger partial charge in [-0.2, -0.15) is 0 Å². The van der Waals surface area contributed by atoms with Crippen LogP contribution in [0.1, 0.15) is 12.7 Å². The topological polar surface area (TPSA) is 27.1 Å². The first-order chi connectivity index (χ1) is 21.8. The van der Waals surface area contributed by atoms with Gasteiger partial charge in [-0.25, -0.2) is 4.98 Å². The summed E-state index contributed by atoms with van der Waals surface area (Å²) >= 11 is 0. The fourth-order valence-corrected chi connectivity index (χ4v) is 7.09. The van der Waals surface area contributed by atoms with Gasteiger partial charge in [0.25, 0.3) is 0 Å². The van der Waals surface area contributed by atoms with E-state index in [1.54, 1.807) is 0 Å². The van der Waals surface area contributed by atoms with Crippen molar-refractivity contribution in [1.29, 1.82) is 0 Å². The number of imidazole rings is 1. The molecule has 1 aromatic heterocycles. The lowest BCUT2D eigenvalue weighted by atomic mass is 9.85. The molecule has 0 bridgehead atoms. The molecule has 0 saturated heterocycles. The number of benzene rings is 7. The van der Waals surface area contributed by atoms with E-state index in [1.807, 2.05) is 12.1 Å². The van der Waals surface area contributed by atoms with Gasteiger partial charge in [-0.1, -0.05) is 122 Å². The van der Waals surface area contributed by atoms with Gasteiger partial charge in [0.05, 0.1) is 11.2 Å². The lowest BCUT2D eigenvalue weighted by molar-refractivity contribution is 0.474. The number of para-hydroxylation sites is 2. The second kappa shape index (κ2) is 9.68. The van der Waals surface area contributed by atoms with Crippen LogP contribution in [-0.4, -0.2) is 9.55 Å². The van der Waals surface area contributed by atoms with E-state index >= 15 is 0 Å². The van der Waals surface area contributed by atoms with E-state index in [9.17, 15) is 0 Å². The van der Waals surface area contributed by atoms with Gasteiger partial charge >= 0.3 is 0 Å². The second-order valence-corrected chi connectivity index (χ2v) is 11.4. The van der Waals surface area contributed by atoms with Crippen LogP contribution in [0.25, 0.3) is 71.6 Å². The Bertz CT molecular complexity index is 2340. The summed E-state index contributed by atoms with van der Waals surface area (Å²) in [6.45, 7) is 2.16. The molecule has 0 atom stereocenters. The maximum Gasteiger partial charge on any atom is 0.153 e. The maximum absolute atomic E-state index is 6.49. The minimum Gasteiger partial charge on any atom is -0.453 e. The lowest BCUT2D eigenvalue weighted by Crippen LogP contribution is -2.08. The number of rotatable bonds is 4. The van der Waals surface area contributed by atoms with Gasteiger partial charge in [0.2, 0.25) is 0 Å². The monoisotopic (exact) mass is 564 g/mol. The lowest BCUT2D eigenvalue weighted by Gasteiger charge is -2.24. The Kier molecular flexibility index (Phi) is 5.48. The quantitative estimate of drug-likeness (QED) is 0.199. The summed E-state index contributed by atoms with van der Waals surface area (Å²) in [4.78, 5) is 4.99. The Labute approximate surface area is 255 Å². The molecular weight excluding hydrogens is 536 g/mol. The first-order valence-corrected chi connectivity index (χ1v) is 15.2. The number of aromatic nitrogens is 2. The predicted octanol–water partition coefficient (Wildman–Crippen LogP) is 11.0. The summed E-state index contributed by atoms with van der Waals surface area (Å²) in [6.07, 6.45) is 0.827. The highest BCUT2D eigenvalue weighted by Gasteiger charge is 2.26. The van der Waals surface area contributed by atoms with Crippen LogP contribution in [0.3, 0.4) is 0 Å². The van der Waals surface area contributed by atoms with Crippen LogP contribution in [0.2, 0.25) is 0 Å². The van der Waals surface area contributed by atoms with Crippen molar-refractivity contribution in [3.63, 3.8) is 0 Å². The molecule has 0 radical (unpaired) electrons. The summed E-state index contributed by atoms with van der Waals surface area (Å²) < 4.78 is 8.80. The van der Waals surface area contributed by atoms with Crippen molar-refractivity contribution in [3.8, 4) is 50.6 Å². The van der Waals surface area contributed by atoms with Crippen molar-refractivity contribution in [2.75, 3.05) is 0 Å². The van der Waals surface area contributed by atoms with Crippen molar-refractivity contribution in [3.05, 3.63) is 145 Å². The second-order valence-electron chi connectivity index (χ2n) is 11.4. The fourth-order valence-electron chi connectivity index (χ4n) is 7.09.